The largest absolute Gasteiger partial charge is 0.471 e. The summed E-state index contributed by atoms with van der Waals surface area (Å²) in [6.45, 7) is 1.59. The number of alkyl halides is 6. The highest BCUT2D eigenvalue weighted by Crippen LogP contribution is 2.38. The van der Waals surface area contributed by atoms with Gasteiger partial charge in [0.15, 0.2) is 0 Å². The van der Waals surface area contributed by atoms with Crippen molar-refractivity contribution in [3.05, 3.63) is 28.2 Å². The molecule has 1 unspecified atom stereocenters. The average molecular weight is 380 g/mol. The molecule has 120 valence electrons. The van der Waals surface area contributed by atoms with Gasteiger partial charge in [-0.3, -0.25) is 0 Å². The number of rotatable bonds is 4. The summed E-state index contributed by atoms with van der Waals surface area (Å²) in [7, 11) is 1.53. The van der Waals surface area contributed by atoms with E-state index in [9.17, 15) is 26.3 Å². The van der Waals surface area contributed by atoms with Gasteiger partial charge in [-0.15, -0.1) is 0 Å². The van der Waals surface area contributed by atoms with Crippen LogP contribution in [0.25, 0.3) is 0 Å². The van der Waals surface area contributed by atoms with E-state index in [0.29, 0.717) is 4.47 Å². The van der Waals surface area contributed by atoms with Crippen LogP contribution in [0.1, 0.15) is 18.5 Å². The molecule has 0 heterocycles. The van der Waals surface area contributed by atoms with E-state index in [-0.39, 0.29) is 5.56 Å². The van der Waals surface area contributed by atoms with Crippen LogP contribution in [0, 0.1) is 0 Å². The van der Waals surface area contributed by atoms with Gasteiger partial charge >= 0.3 is 12.4 Å². The molecule has 0 aromatic heterocycles. The standard InChI is InChI=1S/C12H12BrF6NO/c1-6(20-2)8-5-7(13)3-4-9(8)21-10(11(14,15)16)12(17,18)19/h3-6,10,20H,1-2H3. The smallest absolute Gasteiger partial charge is 0.434 e. The highest BCUT2D eigenvalue weighted by molar-refractivity contribution is 9.10. The zero-order valence-electron chi connectivity index (χ0n) is 10.9. The molecule has 0 saturated heterocycles. The van der Waals surface area contributed by atoms with E-state index in [1.807, 2.05) is 0 Å². The minimum atomic E-state index is -5.55. The van der Waals surface area contributed by atoms with Crippen molar-refractivity contribution in [2.24, 2.45) is 0 Å². The van der Waals surface area contributed by atoms with Crippen molar-refractivity contribution in [1.29, 1.82) is 0 Å². The Labute approximate surface area is 125 Å². The van der Waals surface area contributed by atoms with Gasteiger partial charge < -0.3 is 10.1 Å². The number of benzene rings is 1. The van der Waals surface area contributed by atoms with Gasteiger partial charge in [-0.25, -0.2) is 0 Å². The maximum absolute atomic E-state index is 12.5. The third kappa shape index (κ3) is 4.77. The van der Waals surface area contributed by atoms with Crippen molar-refractivity contribution in [3.63, 3.8) is 0 Å². The molecule has 1 rings (SSSR count). The first-order valence-corrected chi connectivity index (χ1v) is 6.53. The van der Waals surface area contributed by atoms with Crippen molar-refractivity contribution in [2.75, 3.05) is 7.05 Å². The molecule has 0 saturated carbocycles. The molecule has 1 aromatic carbocycles. The van der Waals surface area contributed by atoms with Gasteiger partial charge in [-0.1, -0.05) is 15.9 Å². The van der Waals surface area contributed by atoms with Crippen LogP contribution >= 0.6 is 15.9 Å². The second-order valence-electron chi connectivity index (χ2n) is 4.27. The molecule has 9 heteroatoms. The fourth-order valence-corrected chi connectivity index (χ4v) is 1.95. The monoisotopic (exact) mass is 379 g/mol. The second kappa shape index (κ2) is 6.43. The van der Waals surface area contributed by atoms with Gasteiger partial charge in [-0.05, 0) is 32.2 Å². The zero-order chi connectivity index (χ0) is 16.4. The van der Waals surface area contributed by atoms with Crippen LogP contribution in [0.4, 0.5) is 26.3 Å². The van der Waals surface area contributed by atoms with Crippen LogP contribution in [0.3, 0.4) is 0 Å². The van der Waals surface area contributed by atoms with Gasteiger partial charge in [-0.2, -0.15) is 26.3 Å². The molecule has 0 aliphatic carbocycles. The van der Waals surface area contributed by atoms with E-state index in [0.717, 1.165) is 6.07 Å². The van der Waals surface area contributed by atoms with Crippen LogP contribution in [0.15, 0.2) is 22.7 Å². The van der Waals surface area contributed by atoms with E-state index in [4.69, 9.17) is 0 Å². The third-order valence-corrected chi connectivity index (χ3v) is 3.20. The molecule has 0 radical (unpaired) electrons. The Kier molecular flexibility index (Phi) is 5.54. The molecule has 2 nitrogen and oxygen atoms in total. The summed E-state index contributed by atoms with van der Waals surface area (Å²) < 4.78 is 79.9. The summed E-state index contributed by atoms with van der Waals surface area (Å²) in [5, 5.41) is 2.74. The lowest BCUT2D eigenvalue weighted by Gasteiger charge is -2.26. The van der Waals surface area contributed by atoms with Crippen LogP contribution in [-0.2, 0) is 0 Å². The lowest BCUT2D eigenvalue weighted by molar-refractivity contribution is -0.300. The summed E-state index contributed by atoms with van der Waals surface area (Å²) in [5.41, 5.74) is 0.186. The molecule has 0 bridgehead atoms. The van der Waals surface area contributed by atoms with Gasteiger partial charge in [0.2, 0.25) is 0 Å². The Balaban J connectivity index is 3.21. The van der Waals surface area contributed by atoms with E-state index >= 15 is 0 Å². The first-order chi connectivity index (χ1) is 9.46. The van der Waals surface area contributed by atoms with Gasteiger partial charge in [0.25, 0.3) is 6.10 Å². The molecule has 0 amide bonds. The number of nitrogens with one attached hydrogen (secondary N) is 1. The van der Waals surface area contributed by atoms with Gasteiger partial charge in [0.05, 0.1) is 0 Å². The first kappa shape index (κ1) is 18.1. The highest BCUT2D eigenvalue weighted by atomic mass is 79.9. The van der Waals surface area contributed by atoms with Crippen molar-refractivity contribution < 1.29 is 31.1 Å². The second-order valence-corrected chi connectivity index (χ2v) is 5.19. The maximum atomic E-state index is 12.5. The minimum Gasteiger partial charge on any atom is -0.471 e. The quantitative estimate of drug-likeness (QED) is 0.771. The molecule has 1 N–H and O–H groups in total. The van der Waals surface area contributed by atoms with Gasteiger partial charge in [0.1, 0.15) is 5.75 Å². The topological polar surface area (TPSA) is 21.3 Å². The Morgan fingerprint density at radius 1 is 1.10 bits per heavy atom. The Morgan fingerprint density at radius 2 is 1.62 bits per heavy atom. The number of halogens is 7. The molecule has 0 fully saturated rings. The first-order valence-electron chi connectivity index (χ1n) is 5.73. The molecule has 0 aliphatic rings. The van der Waals surface area contributed by atoms with Crippen LogP contribution in [-0.4, -0.2) is 25.5 Å². The molecule has 21 heavy (non-hydrogen) atoms. The summed E-state index contributed by atoms with van der Waals surface area (Å²) in [6.07, 6.45) is -15.0. The average Bonchev–Trinajstić information content (AvgIpc) is 2.33. The summed E-state index contributed by atoms with van der Waals surface area (Å²) in [5.74, 6) is -0.472. The number of ether oxygens (including phenoxy) is 1. The number of hydrogen-bond donors (Lipinski definition) is 1. The zero-order valence-corrected chi connectivity index (χ0v) is 12.5. The third-order valence-electron chi connectivity index (χ3n) is 2.71. The molecular formula is C12H12BrF6NO. The molecular weight excluding hydrogens is 368 g/mol. The molecule has 1 atom stereocenters. The molecule has 0 spiro atoms. The predicted molar refractivity (Wildman–Crippen MR) is 68.1 cm³/mol. The lowest BCUT2D eigenvalue weighted by Crippen LogP contribution is -2.46. The van der Waals surface area contributed by atoms with Crippen molar-refractivity contribution in [3.8, 4) is 5.75 Å². The Bertz CT molecular complexity index is 474. The fraction of sp³-hybridized carbons (Fsp3) is 0.500. The van der Waals surface area contributed by atoms with E-state index in [1.54, 1.807) is 6.92 Å². The lowest BCUT2D eigenvalue weighted by atomic mass is 10.1. The summed E-state index contributed by atoms with van der Waals surface area (Å²) >= 11 is 3.11. The van der Waals surface area contributed by atoms with E-state index < -0.39 is 30.2 Å². The minimum absolute atomic E-state index is 0.186. The fourth-order valence-electron chi connectivity index (χ4n) is 1.57. The normalized spacial score (nSPS) is 14.4. The van der Waals surface area contributed by atoms with Crippen molar-refractivity contribution in [2.45, 2.75) is 31.4 Å². The van der Waals surface area contributed by atoms with Crippen LogP contribution in [0.2, 0.25) is 0 Å². The van der Waals surface area contributed by atoms with Crippen LogP contribution < -0.4 is 10.1 Å². The Hall–Kier alpha value is -0.960. The number of hydrogen-bond acceptors (Lipinski definition) is 2. The molecule has 0 aliphatic heterocycles. The molecule has 1 aromatic rings. The summed E-state index contributed by atoms with van der Waals surface area (Å²) in [4.78, 5) is 0. The maximum Gasteiger partial charge on any atom is 0.434 e. The summed E-state index contributed by atoms with van der Waals surface area (Å²) in [6, 6.07) is 3.29. The van der Waals surface area contributed by atoms with E-state index in [2.05, 4.69) is 26.0 Å². The Morgan fingerprint density at radius 3 is 2.05 bits per heavy atom. The van der Waals surface area contributed by atoms with Gasteiger partial charge in [0, 0.05) is 16.1 Å². The van der Waals surface area contributed by atoms with E-state index in [1.165, 1.54) is 19.2 Å². The van der Waals surface area contributed by atoms with Crippen molar-refractivity contribution >= 4 is 15.9 Å². The highest BCUT2D eigenvalue weighted by Gasteiger charge is 2.59. The van der Waals surface area contributed by atoms with Crippen LogP contribution in [0.5, 0.6) is 5.75 Å². The predicted octanol–water partition coefficient (Wildman–Crippen LogP) is 4.60. The SMILES string of the molecule is CNC(C)c1cc(Br)ccc1OC(C(F)(F)F)C(F)(F)F. The van der Waals surface area contributed by atoms with Crippen molar-refractivity contribution in [1.82, 2.24) is 5.32 Å².